The summed E-state index contributed by atoms with van der Waals surface area (Å²) in [6.07, 6.45) is 0.748. The first kappa shape index (κ1) is 18.7. The smallest absolute Gasteiger partial charge is 0.161 e. The summed E-state index contributed by atoms with van der Waals surface area (Å²) < 4.78 is 10.8. The van der Waals surface area contributed by atoms with Crippen LogP contribution in [0.1, 0.15) is 11.1 Å². The normalized spacial score (nSPS) is 11.4. The van der Waals surface area contributed by atoms with Crippen molar-refractivity contribution in [3.63, 3.8) is 0 Å². The largest absolute Gasteiger partial charge is 0.493 e. The van der Waals surface area contributed by atoms with Gasteiger partial charge in [-0.25, -0.2) is 0 Å². The Morgan fingerprint density at radius 1 is 1.00 bits per heavy atom. The van der Waals surface area contributed by atoms with Crippen LogP contribution in [0.4, 0.5) is 11.5 Å². The molecule has 0 spiro atoms. The van der Waals surface area contributed by atoms with Crippen LogP contribution in [0, 0.1) is 0 Å². The fourth-order valence-electron chi connectivity index (χ4n) is 3.12. The Morgan fingerprint density at radius 3 is 2.31 bits per heavy atom. The van der Waals surface area contributed by atoms with E-state index in [0.29, 0.717) is 15.8 Å². The Kier molecular flexibility index (Phi) is 5.23. The van der Waals surface area contributed by atoms with Crippen molar-refractivity contribution >= 4 is 47.1 Å². The number of fused-ring (bicyclic) bond motifs is 3. The molecule has 0 radical (unpaired) electrons. The zero-order valence-electron chi connectivity index (χ0n) is 14.0. The molecule has 1 heterocycles. The van der Waals surface area contributed by atoms with Crippen LogP contribution in [0.15, 0.2) is 30.3 Å². The van der Waals surface area contributed by atoms with Crippen LogP contribution in [0.5, 0.6) is 11.5 Å². The maximum atomic E-state index is 6.07. The molecule has 0 saturated heterocycles. The Bertz CT molecular complexity index is 952. The Balaban J connectivity index is 0.00000196. The van der Waals surface area contributed by atoms with Gasteiger partial charge >= 0.3 is 0 Å². The van der Waals surface area contributed by atoms with Crippen molar-refractivity contribution in [2.24, 2.45) is 0 Å². The predicted molar refractivity (Wildman–Crippen MR) is 107 cm³/mol. The highest BCUT2D eigenvalue weighted by atomic mass is 35.5. The fraction of sp³-hybridized carbons (Fsp3) is 0.167. The Hall–Kier alpha value is -2.08. The van der Waals surface area contributed by atoms with E-state index in [9.17, 15) is 0 Å². The number of hydrogen-bond donors (Lipinski definition) is 2. The average molecular weight is 413 g/mol. The minimum Gasteiger partial charge on any atom is -0.493 e. The summed E-state index contributed by atoms with van der Waals surface area (Å²) in [4.78, 5) is 0. The number of methoxy groups -OCH3 is 2. The number of rotatable bonds is 4. The van der Waals surface area contributed by atoms with E-state index < -0.39 is 0 Å². The van der Waals surface area contributed by atoms with Gasteiger partial charge in [-0.3, -0.25) is 5.10 Å². The molecule has 0 fully saturated rings. The lowest BCUT2D eigenvalue weighted by Crippen LogP contribution is -1.95. The first-order valence-corrected chi connectivity index (χ1v) is 8.40. The van der Waals surface area contributed by atoms with Crippen molar-refractivity contribution in [2.75, 3.05) is 19.5 Å². The number of nitrogens with one attached hydrogen (secondary N) is 2. The molecular formula is C18H16Cl3N3O2. The van der Waals surface area contributed by atoms with Crippen LogP contribution in [0.3, 0.4) is 0 Å². The molecule has 5 nitrogen and oxygen atoms in total. The summed E-state index contributed by atoms with van der Waals surface area (Å²) in [6, 6.07) is 9.28. The highest BCUT2D eigenvalue weighted by molar-refractivity contribution is 6.35. The second-order valence-corrected chi connectivity index (χ2v) is 6.62. The van der Waals surface area contributed by atoms with Crippen molar-refractivity contribution < 1.29 is 9.47 Å². The van der Waals surface area contributed by atoms with E-state index >= 15 is 0 Å². The second-order valence-electron chi connectivity index (χ2n) is 5.75. The van der Waals surface area contributed by atoms with E-state index in [1.165, 1.54) is 0 Å². The van der Waals surface area contributed by atoms with Crippen molar-refractivity contribution in [2.45, 2.75) is 6.42 Å². The lowest BCUT2D eigenvalue weighted by molar-refractivity contribution is 0.355. The number of aromatic amines is 1. The first-order valence-electron chi connectivity index (χ1n) is 7.64. The number of ether oxygens (including phenoxy) is 2. The van der Waals surface area contributed by atoms with E-state index in [1.807, 2.05) is 24.3 Å². The van der Waals surface area contributed by atoms with Gasteiger partial charge in [-0.2, -0.15) is 5.10 Å². The molecule has 26 heavy (non-hydrogen) atoms. The van der Waals surface area contributed by atoms with E-state index in [4.69, 9.17) is 32.7 Å². The molecule has 2 aromatic carbocycles. The molecule has 1 aromatic heterocycles. The summed E-state index contributed by atoms with van der Waals surface area (Å²) in [5.74, 6) is 2.16. The van der Waals surface area contributed by atoms with Gasteiger partial charge in [-0.05, 0) is 35.9 Å². The number of hydrogen-bond acceptors (Lipinski definition) is 4. The molecule has 3 aromatic rings. The average Bonchev–Trinajstić information content (AvgIpc) is 3.12. The second kappa shape index (κ2) is 7.27. The number of benzene rings is 2. The van der Waals surface area contributed by atoms with E-state index in [0.717, 1.165) is 46.1 Å². The third kappa shape index (κ3) is 3.18. The lowest BCUT2D eigenvalue weighted by atomic mass is 10.1. The lowest BCUT2D eigenvalue weighted by Gasteiger charge is -2.10. The molecule has 0 unspecified atom stereocenters. The predicted octanol–water partition coefficient (Wildman–Crippen LogP) is 5.47. The topological polar surface area (TPSA) is 59.2 Å². The monoisotopic (exact) mass is 411 g/mol. The zero-order chi connectivity index (χ0) is 17.6. The molecule has 1 aliphatic carbocycles. The van der Waals surface area contributed by atoms with Gasteiger partial charge in [-0.1, -0.05) is 23.2 Å². The summed E-state index contributed by atoms with van der Waals surface area (Å²) in [5.41, 5.74) is 5.08. The summed E-state index contributed by atoms with van der Waals surface area (Å²) in [7, 11) is 3.26. The Labute approximate surface area is 167 Å². The molecule has 0 aliphatic heterocycles. The quantitative estimate of drug-likeness (QED) is 0.466. The highest BCUT2D eigenvalue weighted by Crippen LogP contribution is 2.44. The maximum Gasteiger partial charge on any atom is 0.161 e. The number of nitrogens with zero attached hydrogens (tertiary/aromatic N) is 1. The number of aromatic nitrogens is 2. The molecule has 8 heteroatoms. The van der Waals surface area contributed by atoms with Gasteiger partial charge in [0.25, 0.3) is 0 Å². The molecule has 136 valence electrons. The van der Waals surface area contributed by atoms with Gasteiger partial charge < -0.3 is 14.8 Å². The fourth-order valence-corrected chi connectivity index (χ4v) is 3.64. The molecule has 0 saturated carbocycles. The van der Waals surface area contributed by atoms with E-state index in [2.05, 4.69) is 15.5 Å². The SMILES string of the molecule is COc1cc2c(cc1OC)-c1[nH]nc(Nc3cc(Cl)cc(Cl)c3)c1C2.Cl. The van der Waals surface area contributed by atoms with Gasteiger partial charge in [0, 0.05) is 33.3 Å². The summed E-state index contributed by atoms with van der Waals surface area (Å²) in [5, 5.41) is 11.9. The van der Waals surface area contributed by atoms with Crippen molar-refractivity contribution in [1.29, 1.82) is 0 Å². The minimum absolute atomic E-state index is 0. The van der Waals surface area contributed by atoms with Crippen molar-refractivity contribution in [3.8, 4) is 22.8 Å². The van der Waals surface area contributed by atoms with Crippen LogP contribution in [0.25, 0.3) is 11.3 Å². The van der Waals surface area contributed by atoms with Gasteiger partial charge in [0.15, 0.2) is 17.3 Å². The van der Waals surface area contributed by atoms with Crippen LogP contribution >= 0.6 is 35.6 Å². The van der Waals surface area contributed by atoms with Gasteiger partial charge in [0.05, 0.1) is 19.9 Å². The van der Waals surface area contributed by atoms with Gasteiger partial charge in [-0.15, -0.1) is 12.4 Å². The minimum atomic E-state index is 0. The van der Waals surface area contributed by atoms with E-state index in [1.54, 1.807) is 20.3 Å². The number of halogens is 3. The molecular weight excluding hydrogens is 397 g/mol. The number of H-pyrrole nitrogens is 1. The van der Waals surface area contributed by atoms with E-state index in [-0.39, 0.29) is 12.4 Å². The molecule has 0 amide bonds. The third-order valence-corrected chi connectivity index (χ3v) is 4.67. The maximum absolute atomic E-state index is 6.07. The molecule has 1 aliphatic rings. The summed E-state index contributed by atoms with van der Waals surface area (Å²) >= 11 is 12.1. The zero-order valence-corrected chi connectivity index (χ0v) is 16.4. The first-order chi connectivity index (χ1) is 12.1. The van der Waals surface area contributed by atoms with Gasteiger partial charge in [0.1, 0.15) is 0 Å². The molecule has 0 bridgehead atoms. The highest BCUT2D eigenvalue weighted by Gasteiger charge is 2.26. The van der Waals surface area contributed by atoms with Crippen LogP contribution < -0.4 is 14.8 Å². The van der Waals surface area contributed by atoms with Gasteiger partial charge in [0.2, 0.25) is 0 Å². The van der Waals surface area contributed by atoms with Crippen molar-refractivity contribution in [3.05, 3.63) is 51.5 Å². The standard InChI is InChI=1S/C18H15Cl2N3O2.ClH/c1-24-15-4-9-3-14-17(13(9)8-16(15)25-2)22-23-18(14)21-12-6-10(19)5-11(20)7-12;/h4-8H,3H2,1-2H3,(H2,21,22,23);1H. The van der Waals surface area contributed by atoms with Crippen molar-refractivity contribution in [1.82, 2.24) is 10.2 Å². The van der Waals surface area contributed by atoms with Crippen LogP contribution in [-0.4, -0.2) is 24.4 Å². The van der Waals surface area contributed by atoms with Crippen LogP contribution in [0.2, 0.25) is 10.0 Å². The molecule has 4 rings (SSSR count). The molecule has 0 atom stereocenters. The number of anilines is 2. The van der Waals surface area contributed by atoms with Crippen LogP contribution in [-0.2, 0) is 6.42 Å². The summed E-state index contributed by atoms with van der Waals surface area (Å²) in [6.45, 7) is 0. The Morgan fingerprint density at radius 2 is 1.65 bits per heavy atom. The molecule has 2 N–H and O–H groups in total. The third-order valence-electron chi connectivity index (χ3n) is 4.24.